The summed E-state index contributed by atoms with van der Waals surface area (Å²) in [5.74, 6) is -0.184. The van der Waals surface area contributed by atoms with Crippen LogP contribution in [-0.4, -0.2) is 23.1 Å². The monoisotopic (exact) mass is 235 g/mol. The molecule has 1 aliphatic rings. The summed E-state index contributed by atoms with van der Waals surface area (Å²) in [4.78, 5) is 23.4. The van der Waals surface area contributed by atoms with Crippen LogP contribution < -0.4 is 5.56 Å². The summed E-state index contributed by atoms with van der Waals surface area (Å²) in [6, 6.07) is 3.42. The second-order valence-corrected chi connectivity index (χ2v) is 4.50. The summed E-state index contributed by atoms with van der Waals surface area (Å²) in [6.45, 7) is 4.61. The molecule has 0 amide bonds. The molecule has 1 unspecified atom stereocenters. The van der Waals surface area contributed by atoms with E-state index in [4.69, 9.17) is 4.74 Å². The molecule has 2 rings (SSSR count). The third-order valence-electron chi connectivity index (χ3n) is 3.18. The maximum Gasteiger partial charge on any atom is 0.261 e. The van der Waals surface area contributed by atoms with Crippen LogP contribution in [0.2, 0.25) is 0 Å². The lowest BCUT2D eigenvalue weighted by atomic mass is 10.1. The lowest BCUT2D eigenvalue weighted by molar-refractivity contribution is 0.0947. The molecule has 0 N–H and O–H groups in total. The molecule has 1 aliphatic heterocycles. The first-order valence-electron chi connectivity index (χ1n) is 5.92. The highest BCUT2D eigenvalue weighted by Crippen LogP contribution is 2.14. The van der Waals surface area contributed by atoms with Crippen LogP contribution in [0.15, 0.2) is 16.9 Å². The highest BCUT2D eigenvalue weighted by atomic mass is 16.5. The predicted octanol–water partition coefficient (Wildman–Crippen LogP) is 1.54. The molecule has 1 atom stereocenters. The molecule has 1 fully saturated rings. The van der Waals surface area contributed by atoms with E-state index in [1.165, 1.54) is 6.92 Å². The normalized spacial score (nSPS) is 19.5. The zero-order chi connectivity index (χ0) is 12.4. The number of aryl methyl sites for hydroxylation is 1. The van der Waals surface area contributed by atoms with E-state index in [0.29, 0.717) is 6.54 Å². The molecular weight excluding hydrogens is 218 g/mol. The van der Waals surface area contributed by atoms with E-state index < -0.39 is 0 Å². The van der Waals surface area contributed by atoms with Gasteiger partial charge in [0.05, 0.1) is 18.2 Å². The number of pyridine rings is 1. The van der Waals surface area contributed by atoms with Crippen molar-refractivity contribution >= 4 is 5.78 Å². The summed E-state index contributed by atoms with van der Waals surface area (Å²) < 4.78 is 7.17. The van der Waals surface area contributed by atoms with Crippen LogP contribution in [0.4, 0.5) is 0 Å². The van der Waals surface area contributed by atoms with Gasteiger partial charge < -0.3 is 9.30 Å². The van der Waals surface area contributed by atoms with Crippen LogP contribution >= 0.6 is 0 Å². The fourth-order valence-corrected chi connectivity index (χ4v) is 2.16. The Kier molecular flexibility index (Phi) is 3.43. The van der Waals surface area contributed by atoms with E-state index in [9.17, 15) is 9.59 Å². The summed E-state index contributed by atoms with van der Waals surface area (Å²) in [5, 5.41) is 0. The number of ketones is 1. The molecule has 17 heavy (non-hydrogen) atoms. The number of carbonyl (C=O) groups excluding carboxylic acids is 1. The number of carbonyl (C=O) groups is 1. The van der Waals surface area contributed by atoms with Crippen LogP contribution in [0, 0.1) is 6.92 Å². The number of aromatic nitrogens is 1. The molecule has 0 bridgehead atoms. The average molecular weight is 235 g/mol. The summed E-state index contributed by atoms with van der Waals surface area (Å²) in [6.07, 6.45) is 2.13. The van der Waals surface area contributed by atoms with Gasteiger partial charge >= 0.3 is 0 Å². The molecule has 0 aromatic carbocycles. The van der Waals surface area contributed by atoms with E-state index >= 15 is 0 Å². The van der Waals surface area contributed by atoms with Gasteiger partial charge in [0.2, 0.25) is 0 Å². The number of hydrogen-bond acceptors (Lipinski definition) is 3. The first-order valence-corrected chi connectivity index (χ1v) is 5.92. The van der Waals surface area contributed by atoms with Gasteiger partial charge in [-0.3, -0.25) is 9.59 Å². The highest BCUT2D eigenvalue weighted by Gasteiger charge is 2.18. The van der Waals surface area contributed by atoms with Gasteiger partial charge in [-0.2, -0.15) is 0 Å². The minimum Gasteiger partial charge on any atom is -0.376 e. The summed E-state index contributed by atoms with van der Waals surface area (Å²) >= 11 is 0. The van der Waals surface area contributed by atoms with E-state index in [-0.39, 0.29) is 23.0 Å². The molecule has 0 saturated carbocycles. The van der Waals surface area contributed by atoms with E-state index in [2.05, 4.69) is 0 Å². The van der Waals surface area contributed by atoms with Gasteiger partial charge in [0, 0.05) is 12.3 Å². The van der Waals surface area contributed by atoms with Gasteiger partial charge in [-0.1, -0.05) is 0 Å². The Bertz CT molecular complexity index is 484. The largest absolute Gasteiger partial charge is 0.376 e. The van der Waals surface area contributed by atoms with Crippen LogP contribution in [0.3, 0.4) is 0 Å². The van der Waals surface area contributed by atoms with Crippen LogP contribution in [0.5, 0.6) is 0 Å². The van der Waals surface area contributed by atoms with E-state index in [1.54, 1.807) is 10.6 Å². The molecule has 92 valence electrons. The molecule has 1 saturated heterocycles. The van der Waals surface area contributed by atoms with Crippen molar-refractivity contribution < 1.29 is 9.53 Å². The molecule has 4 heteroatoms. The maximum atomic E-state index is 12.1. The van der Waals surface area contributed by atoms with Gasteiger partial charge in [-0.15, -0.1) is 0 Å². The van der Waals surface area contributed by atoms with Crippen molar-refractivity contribution in [2.45, 2.75) is 39.3 Å². The number of rotatable bonds is 3. The lowest BCUT2D eigenvalue weighted by Crippen LogP contribution is -2.31. The second-order valence-electron chi connectivity index (χ2n) is 4.50. The second kappa shape index (κ2) is 4.84. The van der Waals surface area contributed by atoms with Gasteiger partial charge in [-0.25, -0.2) is 0 Å². The smallest absolute Gasteiger partial charge is 0.261 e. The Hall–Kier alpha value is -1.42. The number of nitrogens with zero attached hydrogens (tertiary/aromatic N) is 1. The summed E-state index contributed by atoms with van der Waals surface area (Å²) in [7, 11) is 0. The van der Waals surface area contributed by atoms with Gasteiger partial charge in [0.1, 0.15) is 0 Å². The minimum atomic E-state index is -0.201. The number of hydrogen-bond donors (Lipinski definition) is 0. The first kappa shape index (κ1) is 12.0. The topological polar surface area (TPSA) is 48.3 Å². The average Bonchev–Trinajstić information content (AvgIpc) is 2.76. The fraction of sp³-hybridized carbons (Fsp3) is 0.538. The SMILES string of the molecule is CC(=O)c1ccc(C)n(CC2CCCO2)c1=O. The molecule has 0 spiro atoms. The van der Waals surface area contributed by atoms with Crippen LogP contribution in [0.1, 0.15) is 35.8 Å². The molecule has 0 radical (unpaired) electrons. The Morgan fingerprint density at radius 3 is 2.88 bits per heavy atom. The first-order chi connectivity index (χ1) is 8.09. The van der Waals surface area contributed by atoms with E-state index in [0.717, 1.165) is 25.1 Å². The standard InChI is InChI=1S/C13H17NO3/c1-9-5-6-12(10(2)15)13(16)14(9)8-11-4-3-7-17-11/h5-6,11H,3-4,7-8H2,1-2H3. The molecule has 1 aromatic rings. The Morgan fingerprint density at radius 1 is 1.53 bits per heavy atom. The lowest BCUT2D eigenvalue weighted by Gasteiger charge is -2.15. The minimum absolute atomic E-state index is 0.105. The maximum absolute atomic E-state index is 12.1. The van der Waals surface area contributed by atoms with E-state index in [1.807, 2.05) is 13.0 Å². The van der Waals surface area contributed by atoms with Gasteiger partial charge in [0.25, 0.3) is 5.56 Å². The van der Waals surface area contributed by atoms with Crippen LogP contribution in [0.25, 0.3) is 0 Å². The van der Waals surface area contributed by atoms with Crippen molar-refractivity contribution in [2.75, 3.05) is 6.61 Å². The van der Waals surface area contributed by atoms with Gasteiger partial charge in [-0.05, 0) is 38.8 Å². The van der Waals surface area contributed by atoms with Crippen molar-refractivity contribution in [3.8, 4) is 0 Å². The Morgan fingerprint density at radius 2 is 2.29 bits per heavy atom. The Labute approximate surface area is 100 Å². The Balaban J connectivity index is 2.34. The molecule has 0 aliphatic carbocycles. The predicted molar refractivity (Wildman–Crippen MR) is 64.4 cm³/mol. The third kappa shape index (κ3) is 2.47. The van der Waals surface area contributed by atoms with Crippen molar-refractivity contribution in [1.82, 2.24) is 4.57 Å². The van der Waals surface area contributed by atoms with Crippen molar-refractivity contribution in [1.29, 1.82) is 0 Å². The molecule has 1 aromatic heterocycles. The molecule has 4 nitrogen and oxygen atoms in total. The quantitative estimate of drug-likeness (QED) is 0.747. The molecule has 2 heterocycles. The summed E-state index contributed by atoms with van der Waals surface area (Å²) in [5.41, 5.74) is 0.928. The van der Waals surface area contributed by atoms with Crippen molar-refractivity contribution in [2.24, 2.45) is 0 Å². The van der Waals surface area contributed by atoms with Crippen molar-refractivity contribution in [3.05, 3.63) is 33.7 Å². The van der Waals surface area contributed by atoms with Gasteiger partial charge in [0.15, 0.2) is 5.78 Å². The van der Waals surface area contributed by atoms with Crippen molar-refractivity contribution in [3.63, 3.8) is 0 Å². The van der Waals surface area contributed by atoms with Crippen LogP contribution in [-0.2, 0) is 11.3 Å². The fourth-order valence-electron chi connectivity index (χ4n) is 2.16. The number of ether oxygens (including phenoxy) is 1. The number of Topliss-reactive ketones (excluding diaryl/α,β-unsaturated/α-hetero) is 1. The zero-order valence-corrected chi connectivity index (χ0v) is 10.2. The third-order valence-corrected chi connectivity index (χ3v) is 3.18. The zero-order valence-electron chi connectivity index (χ0n) is 10.2. The molecular formula is C13H17NO3. The highest BCUT2D eigenvalue weighted by molar-refractivity contribution is 5.93.